The van der Waals surface area contributed by atoms with Crippen molar-refractivity contribution < 1.29 is 14.3 Å². The molecule has 1 aliphatic rings. The van der Waals surface area contributed by atoms with Crippen LogP contribution in [0, 0.1) is 3.57 Å². The smallest absolute Gasteiger partial charge is 0.363 e. The minimum Gasteiger partial charge on any atom is -0.487 e. The second-order valence-corrected chi connectivity index (χ2v) is 10.8. The first kappa shape index (κ1) is 24.2. The number of benzene rings is 3. The Bertz CT molecular complexity index is 1230. The number of carbonyl (C=O) groups excluding carboxylic acids is 1. The Kier molecular flexibility index (Phi) is 7.71. The van der Waals surface area contributed by atoms with E-state index in [2.05, 4.69) is 73.3 Å². The van der Waals surface area contributed by atoms with Gasteiger partial charge in [-0.3, -0.25) is 0 Å². The van der Waals surface area contributed by atoms with E-state index in [1.165, 1.54) is 9.13 Å². The van der Waals surface area contributed by atoms with Gasteiger partial charge in [0.1, 0.15) is 12.4 Å². The lowest BCUT2D eigenvalue weighted by Crippen LogP contribution is -2.05. The van der Waals surface area contributed by atoms with E-state index in [1.54, 1.807) is 6.08 Å². The molecule has 3 aromatic carbocycles. The quantitative estimate of drug-likeness (QED) is 0.151. The zero-order valence-corrected chi connectivity index (χ0v) is 23.3. The van der Waals surface area contributed by atoms with Crippen LogP contribution < -0.4 is 4.74 Å². The van der Waals surface area contributed by atoms with Gasteiger partial charge in [0.05, 0.1) is 8.95 Å². The lowest BCUT2D eigenvalue weighted by Gasteiger charge is -2.11. The largest absolute Gasteiger partial charge is 0.487 e. The molecule has 4 nitrogen and oxygen atoms in total. The summed E-state index contributed by atoms with van der Waals surface area (Å²) in [6.45, 7) is 4.72. The van der Waals surface area contributed by atoms with Gasteiger partial charge in [-0.1, -0.05) is 38.1 Å². The number of esters is 1. The summed E-state index contributed by atoms with van der Waals surface area (Å²) in [4.78, 5) is 16.8. The number of hydrogen-bond acceptors (Lipinski definition) is 4. The molecule has 0 bridgehead atoms. The maximum Gasteiger partial charge on any atom is 0.363 e. The Labute approximate surface area is 223 Å². The van der Waals surface area contributed by atoms with E-state index in [-0.39, 0.29) is 5.70 Å². The molecule has 0 aromatic heterocycles. The third-order valence-corrected chi connectivity index (χ3v) is 6.96. The first-order valence-electron chi connectivity index (χ1n) is 10.3. The van der Waals surface area contributed by atoms with Crippen molar-refractivity contribution in [1.29, 1.82) is 0 Å². The van der Waals surface area contributed by atoms with Gasteiger partial charge in [-0.2, -0.15) is 0 Å². The average Bonchev–Trinajstić information content (AvgIpc) is 3.14. The van der Waals surface area contributed by atoms with Gasteiger partial charge in [0, 0.05) is 9.13 Å². The number of carbonyl (C=O) groups is 1. The highest BCUT2D eigenvalue weighted by Crippen LogP contribution is 2.36. The lowest BCUT2D eigenvalue weighted by atomic mass is 10.0. The van der Waals surface area contributed by atoms with Crippen molar-refractivity contribution in [3.05, 3.63) is 101 Å². The van der Waals surface area contributed by atoms with E-state index in [9.17, 15) is 4.79 Å². The summed E-state index contributed by atoms with van der Waals surface area (Å²) in [5, 5.41) is 0. The van der Waals surface area contributed by atoms with Crippen LogP contribution in [0.1, 0.15) is 42.0 Å². The number of cyclic esters (lactones) is 1. The molecule has 4 rings (SSSR count). The molecule has 0 spiro atoms. The van der Waals surface area contributed by atoms with Gasteiger partial charge in [-0.25, -0.2) is 9.79 Å². The van der Waals surface area contributed by atoms with Crippen molar-refractivity contribution in [2.24, 2.45) is 4.99 Å². The van der Waals surface area contributed by atoms with Crippen molar-refractivity contribution in [2.45, 2.75) is 26.4 Å². The maximum atomic E-state index is 12.4. The summed E-state index contributed by atoms with van der Waals surface area (Å²) >= 11 is 9.43. The topological polar surface area (TPSA) is 47.9 Å². The van der Waals surface area contributed by atoms with Crippen LogP contribution in [0.4, 0.5) is 0 Å². The lowest BCUT2D eigenvalue weighted by molar-refractivity contribution is -0.129. The van der Waals surface area contributed by atoms with Crippen molar-refractivity contribution in [2.75, 3.05) is 0 Å². The molecule has 33 heavy (non-hydrogen) atoms. The fraction of sp³-hybridized carbons (Fsp3) is 0.154. The van der Waals surface area contributed by atoms with Gasteiger partial charge in [-0.05, 0) is 120 Å². The maximum absolute atomic E-state index is 12.4. The number of nitrogens with zero attached hydrogens (tertiary/aromatic N) is 1. The Morgan fingerprint density at radius 2 is 1.67 bits per heavy atom. The number of ether oxygens (including phenoxy) is 2. The average molecular weight is 681 g/mol. The first-order valence-corrected chi connectivity index (χ1v) is 13.0. The Morgan fingerprint density at radius 1 is 1.03 bits per heavy atom. The summed E-state index contributed by atoms with van der Waals surface area (Å²) in [5.74, 6) is 0.975. The van der Waals surface area contributed by atoms with Crippen LogP contribution in [-0.4, -0.2) is 11.9 Å². The summed E-state index contributed by atoms with van der Waals surface area (Å²) in [7, 11) is 0. The van der Waals surface area contributed by atoms with Gasteiger partial charge in [0.25, 0.3) is 0 Å². The number of rotatable bonds is 6. The van der Waals surface area contributed by atoms with Gasteiger partial charge in [-0.15, -0.1) is 0 Å². The number of hydrogen-bond donors (Lipinski definition) is 0. The van der Waals surface area contributed by atoms with E-state index >= 15 is 0 Å². The molecule has 3 aromatic rings. The fourth-order valence-corrected chi connectivity index (χ4v) is 5.05. The molecule has 0 saturated heterocycles. The molecule has 0 fully saturated rings. The normalized spacial score (nSPS) is 14.5. The number of halogens is 3. The van der Waals surface area contributed by atoms with Crippen LogP contribution in [0.15, 0.2) is 80.3 Å². The van der Waals surface area contributed by atoms with Crippen LogP contribution in [0.25, 0.3) is 6.08 Å². The Balaban J connectivity index is 1.53. The molecule has 7 heteroatoms. The van der Waals surface area contributed by atoms with Gasteiger partial charge < -0.3 is 9.47 Å². The molecule has 0 atom stereocenters. The van der Waals surface area contributed by atoms with Crippen molar-refractivity contribution in [3.63, 3.8) is 0 Å². The van der Waals surface area contributed by atoms with Crippen LogP contribution in [0.2, 0.25) is 0 Å². The standard InChI is InChI=1S/C26H20Br2INO3/c1-15(2)18-5-7-19(8-6-18)25-30-23(26(31)33-25)13-17-11-21(27)24(22(28)12-17)32-14-16-3-9-20(29)10-4-16/h3-13,15H,14H2,1-2H3/b23-13-. The molecular weight excluding hydrogens is 661 g/mol. The summed E-state index contributed by atoms with van der Waals surface area (Å²) in [6.07, 6.45) is 1.70. The number of aliphatic imine (C=N–C) groups is 1. The molecule has 1 heterocycles. The SMILES string of the molecule is CC(C)c1ccc(C2=N/C(=C\c3cc(Br)c(OCc4ccc(I)cc4)c(Br)c3)C(=O)O2)cc1. The highest BCUT2D eigenvalue weighted by atomic mass is 127. The van der Waals surface area contributed by atoms with E-state index in [0.717, 1.165) is 25.6 Å². The van der Waals surface area contributed by atoms with E-state index in [1.807, 2.05) is 60.7 Å². The second-order valence-electron chi connectivity index (χ2n) is 7.84. The summed E-state index contributed by atoms with van der Waals surface area (Å²) < 4.78 is 14.1. The molecule has 0 saturated carbocycles. The predicted octanol–water partition coefficient (Wildman–Crippen LogP) is 7.86. The third kappa shape index (κ3) is 5.94. The molecule has 1 aliphatic heterocycles. The monoisotopic (exact) mass is 679 g/mol. The van der Waals surface area contributed by atoms with E-state index in [4.69, 9.17) is 9.47 Å². The summed E-state index contributed by atoms with van der Waals surface area (Å²) in [6, 6.07) is 19.9. The molecule has 0 N–H and O–H groups in total. The molecule has 0 radical (unpaired) electrons. The summed E-state index contributed by atoms with van der Waals surface area (Å²) in [5.41, 5.74) is 4.13. The zero-order chi connectivity index (χ0) is 23.5. The molecule has 168 valence electrons. The third-order valence-electron chi connectivity index (χ3n) is 5.07. The van der Waals surface area contributed by atoms with Crippen LogP contribution >= 0.6 is 54.5 Å². The second kappa shape index (κ2) is 10.5. The van der Waals surface area contributed by atoms with Crippen molar-refractivity contribution in [1.82, 2.24) is 0 Å². The van der Waals surface area contributed by atoms with E-state index in [0.29, 0.717) is 24.2 Å². The van der Waals surface area contributed by atoms with Crippen molar-refractivity contribution in [3.8, 4) is 5.75 Å². The molecular formula is C26H20Br2INO3. The predicted molar refractivity (Wildman–Crippen MR) is 146 cm³/mol. The highest BCUT2D eigenvalue weighted by Gasteiger charge is 2.24. The highest BCUT2D eigenvalue weighted by molar-refractivity contribution is 14.1. The minimum atomic E-state index is -0.468. The molecule has 0 amide bonds. The van der Waals surface area contributed by atoms with Crippen LogP contribution in [0.3, 0.4) is 0 Å². The van der Waals surface area contributed by atoms with E-state index < -0.39 is 5.97 Å². The minimum absolute atomic E-state index is 0.254. The van der Waals surface area contributed by atoms with Gasteiger partial charge in [0.15, 0.2) is 5.70 Å². The Hall–Kier alpha value is -1.97. The first-order chi connectivity index (χ1) is 15.8. The van der Waals surface area contributed by atoms with Crippen molar-refractivity contribution >= 4 is 72.4 Å². The molecule has 0 unspecified atom stereocenters. The Morgan fingerprint density at radius 3 is 2.27 bits per heavy atom. The van der Waals surface area contributed by atoms with Gasteiger partial charge in [0.2, 0.25) is 5.90 Å². The zero-order valence-electron chi connectivity index (χ0n) is 17.9. The van der Waals surface area contributed by atoms with Crippen LogP contribution in [-0.2, 0) is 16.1 Å². The van der Waals surface area contributed by atoms with Crippen LogP contribution in [0.5, 0.6) is 5.75 Å². The molecule has 0 aliphatic carbocycles. The fourth-order valence-electron chi connectivity index (χ4n) is 3.24. The van der Waals surface area contributed by atoms with Gasteiger partial charge >= 0.3 is 5.97 Å².